The Bertz CT molecular complexity index is 497. The van der Waals surface area contributed by atoms with E-state index in [9.17, 15) is 17.9 Å². The summed E-state index contributed by atoms with van der Waals surface area (Å²) < 4.78 is 38.1. The number of likely N-dealkylation sites (N-methyl/N-ethyl adjacent to an activating group) is 1. The fourth-order valence-electron chi connectivity index (χ4n) is 1.36. The lowest BCUT2D eigenvalue weighted by atomic mass is 10.1. The van der Waals surface area contributed by atoms with Crippen LogP contribution in [0.15, 0.2) is 24.3 Å². The molecule has 0 saturated heterocycles. The van der Waals surface area contributed by atoms with E-state index < -0.39 is 21.4 Å². The number of nitrogens with zero attached hydrogens (tertiary/aromatic N) is 1. The van der Waals surface area contributed by atoms with Crippen molar-refractivity contribution in [2.75, 3.05) is 13.7 Å². The third-order valence-electron chi connectivity index (χ3n) is 2.92. The first kappa shape index (κ1) is 15.1. The predicted octanol–water partition coefficient (Wildman–Crippen LogP) is 1.36. The molecule has 1 aromatic rings. The SMILES string of the molecule is CN(C(C)(C)CO)S(=O)(=O)Cc1ccc(F)cc1. The molecule has 0 aliphatic rings. The number of hydrogen-bond acceptors (Lipinski definition) is 3. The van der Waals surface area contributed by atoms with Gasteiger partial charge in [-0.1, -0.05) is 12.1 Å². The Hall–Kier alpha value is -0.980. The quantitative estimate of drug-likeness (QED) is 0.882. The van der Waals surface area contributed by atoms with Crippen molar-refractivity contribution in [3.8, 4) is 0 Å². The van der Waals surface area contributed by atoms with Crippen LogP contribution in [0, 0.1) is 5.82 Å². The molecule has 1 aromatic carbocycles. The normalized spacial score (nSPS) is 13.0. The van der Waals surface area contributed by atoms with Crippen molar-refractivity contribution < 1.29 is 17.9 Å². The van der Waals surface area contributed by atoms with Crippen LogP contribution in [0.5, 0.6) is 0 Å². The number of aliphatic hydroxyl groups is 1. The predicted molar refractivity (Wildman–Crippen MR) is 68.0 cm³/mol. The van der Waals surface area contributed by atoms with Gasteiger partial charge in [-0.15, -0.1) is 0 Å². The third-order valence-corrected chi connectivity index (χ3v) is 4.95. The molecule has 0 unspecified atom stereocenters. The van der Waals surface area contributed by atoms with E-state index in [0.29, 0.717) is 5.56 Å². The summed E-state index contributed by atoms with van der Waals surface area (Å²) in [7, 11) is -2.12. The second-order valence-corrected chi connectivity index (χ2v) is 6.82. The second kappa shape index (κ2) is 5.34. The van der Waals surface area contributed by atoms with Crippen LogP contribution < -0.4 is 0 Å². The minimum Gasteiger partial charge on any atom is -0.394 e. The van der Waals surface area contributed by atoms with Gasteiger partial charge in [-0.25, -0.2) is 12.8 Å². The van der Waals surface area contributed by atoms with E-state index in [4.69, 9.17) is 0 Å². The molecule has 0 saturated carbocycles. The van der Waals surface area contributed by atoms with E-state index in [2.05, 4.69) is 0 Å². The van der Waals surface area contributed by atoms with E-state index >= 15 is 0 Å². The van der Waals surface area contributed by atoms with Crippen LogP contribution in [0.1, 0.15) is 19.4 Å². The number of benzene rings is 1. The largest absolute Gasteiger partial charge is 0.394 e. The fraction of sp³-hybridized carbons (Fsp3) is 0.500. The average molecular weight is 275 g/mol. The topological polar surface area (TPSA) is 57.6 Å². The molecule has 0 atom stereocenters. The van der Waals surface area contributed by atoms with Crippen molar-refractivity contribution in [1.29, 1.82) is 0 Å². The Morgan fingerprint density at radius 3 is 2.22 bits per heavy atom. The van der Waals surface area contributed by atoms with Gasteiger partial charge in [0.25, 0.3) is 0 Å². The first-order valence-electron chi connectivity index (χ1n) is 5.51. The number of sulfonamides is 1. The molecule has 0 bridgehead atoms. The zero-order chi connectivity index (χ0) is 14.0. The van der Waals surface area contributed by atoms with Crippen LogP contribution in [0.3, 0.4) is 0 Å². The first-order chi connectivity index (χ1) is 8.19. The zero-order valence-corrected chi connectivity index (χ0v) is 11.5. The highest BCUT2D eigenvalue weighted by Gasteiger charge is 2.32. The Morgan fingerprint density at radius 1 is 1.28 bits per heavy atom. The summed E-state index contributed by atoms with van der Waals surface area (Å²) in [4.78, 5) is 0. The van der Waals surface area contributed by atoms with Crippen molar-refractivity contribution in [1.82, 2.24) is 4.31 Å². The molecule has 4 nitrogen and oxygen atoms in total. The summed E-state index contributed by atoms with van der Waals surface area (Å²) in [5.74, 6) is -0.618. The molecule has 0 aromatic heterocycles. The minimum absolute atomic E-state index is 0.215. The summed E-state index contributed by atoms with van der Waals surface area (Å²) in [5, 5.41) is 9.17. The van der Waals surface area contributed by atoms with E-state index in [1.807, 2.05) is 0 Å². The van der Waals surface area contributed by atoms with Gasteiger partial charge in [-0.3, -0.25) is 0 Å². The standard InChI is InChI=1S/C12H18FNO3S/c1-12(2,9-15)14(3)18(16,17)8-10-4-6-11(13)7-5-10/h4-7,15H,8-9H2,1-3H3. The van der Waals surface area contributed by atoms with Crippen molar-refractivity contribution in [3.05, 3.63) is 35.6 Å². The van der Waals surface area contributed by atoms with Gasteiger partial charge in [0.2, 0.25) is 10.0 Å². The second-order valence-electron chi connectivity index (χ2n) is 4.82. The number of halogens is 1. The van der Waals surface area contributed by atoms with Crippen molar-refractivity contribution >= 4 is 10.0 Å². The van der Waals surface area contributed by atoms with Crippen LogP contribution in [-0.4, -0.2) is 37.0 Å². The molecule has 1 rings (SSSR count). The highest BCUT2D eigenvalue weighted by molar-refractivity contribution is 7.88. The fourth-order valence-corrected chi connectivity index (χ4v) is 2.98. The molecule has 0 heterocycles. The summed E-state index contributed by atoms with van der Waals surface area (Å²) in [6.07, 6.45) is 0. The van der Waals surface area contributed by atoms with Gasteiger partial charge in [-0.05, 0) is 31.5 Å². The molecule has 102 valence electrons. The van der Waals surface area contributed by atoms with E-state index in [1.54, 1.807) is 13.8 Å². The maximum atomic E-state index is 12.7. The molecular formula is C12H18FNO3S. The highest BCUT2D eigenvalue weighted by atomic mass is 32.2. The van der Waals surface area contributed by atoms with Crippen LogP contribution in [0.25, 0.3) is 0 Å². The maximum absolute atomic E-state index is 12.7. The van der Waals surface area contributed by atoms with Gasteiger partial charge in [-0.2, -0.15) is 4.31 Å². The molecule has 6 heteroatoms. The van der Waals surface area contributed by atoms with Crippen LogP contribution >= 0.6 is 0 Å². The van der Waals surface area contributed by atoms with Gasteiger partial charge in [0.1, 0.15) is 5.82 Å². The maximum Gasteiger partial charge on any atom is 0.218 e. The van der Waals surface area contributed by atoms with Gasteiger partial charge in [0.15, 0.2) is 0 Å². The lowest BCUT2D eigenvalue weighted by molar-refractivity contribution is 0.138. The summed E-state index contributed by atoms with van der Waals surface area (Å²) in [6.45, 7) is 3.00. The highest BCUT2D eigenvalue weighted by Crippen LogP contribution is 2.19. The Morgan fingerprint density at radius 2 is 1.78 bits per heavy atom. The van der Waals surface area contributed by atoms with Crippen LogP contribution in [0.4, 0.5) is 4.39 Å². The summed E-state index contributed by atoms with van der Waals surface area (Å²) in [6, 6.07) is 5.32. The van der Waals surface area contributed by atoms with Gasteiger partial charge < -0.3 is 5.11 Å². The molecule has 0 aliphatic carbocycles. The molecule has 1 N–H and O–H groups in total. The average Bonchev–Trinajstić information content (AvgIpc) is 2.31. The van der Waals surface area contributed by atoms with E-state index in [0.717, 1.165) is 4.31 Å². The van der Waals surface area contributed by atoms with Crippen molar-refractivity contribution in [2.45, 2.75) is 25.1 Å². The van der Waals surface area contributed by atoms with Crippen LogP contribution in [0.2, 0.25) is 0 Å². The Kier molecular flexibility index (Phi) is 4.47. The molecule has 0 aliphatic heterocycles. The minimum atomic E-state index is -3.55. The molecule has 0 fully saturated rings. The van der Waals surface area contributed by atoms with Gasteiger partial charge in [0.05, 0.1) is 17.9 Å². The summed E-state index contributed by atoms with van der Waals surface area (Å²) in [5.41, 5.74) is -0.351. The molecule has 0 radical (unpaired) electrons. The van der Waals surface area contributed by atoms with Crippen molar-refractivity contribution in [2.24, 2.45) is 0 Å². The smallest absolute Gasteiger partial charge is 0.218 e. The number of hydrogen-bond donors (Lipinski definition) is 1. The van der Waals surface area contributed by atoms with E-state index in [-0.39, 0.29) is 12.4 Å². The summed E-state index contributed by atoms with van der Waals surface area (Å²) >= 11 is 0. The molecular weight excluding hydrogens is 257 g/mol. The van der Waals surface area contributed by atoms with Gasteiger partial charge in [0, 0.05) is 7.05 Å². The Labute approximate surface area is 107 Å². The lowest BCUT2D eigenvalue weighted by Gasteiger charge is -2.32. The monoisotopic (exact) mass is 275 g/mol. The number of aliphatic hydroxyl groups excluding tert-OH is 1. The Balaban J connectivity index is 2.92. The van der Waals surface area contributed by atoms with E-state index in [1.165, 1.54) is 31.3 Å². The molecule has 18 heavy (non-hydrogen) atoms. The van der Waals surface area contributed by atoms with Gasteiger partial charge >= 0.3 is 0 Å². The third kappa shape index (κ3) is 3.51. The van der Waals surface area contributed by atoms with Crippen LogP contribution in [-0.2, 0) is 15.8 Å². The zero-order valence-electron chi connectivity index (χ0n) is 10.7. The lowest BCUT2D eigenvalue weighted by Crippen LogP contribution is -2.47. The van der Waals surface area contributed by atoms with Crippen molar-refractivity contribution in [3.63, 3.8) is 0 Å². The number of rotatable bonds is 5. The molecule has 0 amide bonds. The first-order valence-corrected chi connectivity index (χ1v) is 7.12. The molecule has 0 spiro atoms.